The van der Waals surface area contributed by atoms with Gasteiger partial charge in [-0.1, -0.05) is 54.6 Å². The van der Waals surface area contributed by atoms with E-state index >= 15 is 0 Å². The summed E-state index contributed by atoms with van der Waals surface area (Å²) in [5.41, 5.74) is 3.42. The molecule has 2 atom stereocenters. The van der Waals surface area contributed by atoms with E-state index in [2.05, 4.69) is 41.0 Å². The Morgan fingerprint density at radius 2 is 1.57 bits per heavy atom. The quantitative estimate of drug-likeness (QED) is 0.693. The van der Waals surface area contributed by atoms with E-state index in [1.807, 2.05) is 30.3 Å². The molecule has 0 spiro atoms. The van der Waals surface area contributed by atoms with Crippen LogP contribution < -0.4 is 0 Å². The van der Waals surface area contributed by atoms with Crippen LogP contribution in [-0.2, 0) is 4.74 Å². The van der Waals surface area contributed by atoms with Crippen LogP contribution in [0.2, 0.25) is 0 Å². The summed E-state index contributed by atoms with van der Waals surface area (Å²) in [5.74, 6) is 0. The Kier molecular flexibility index (Phi) is 8.01. The van der Waals surface area contributed by atoms with Crippen LogP contribution in [0.3, 0.4) is 0 Å². The summed E-state index contributed by atoms with van der Waals surface area (Å²) < 4.78 is 6.24. The van der Waals surface area contributed by atoms with Crippen LogP contribution in [0.1, 0.15) is 22.8 Å². The molecule has 0 aromatic heterocycles. The molecular weight excluding hydrogens is 352 g/mol. The number of aryl methyl sites for hydroxylation is 1. The molecule has 152 valence electrons. The number of rotatable bonds is 9. The normalized spacial score (nSPS) is 18.1. The van der Waals surface area contributed by atoms with E-state index in [1.165, 1.54) is 5.56 Å². The highest BCUT2D eigenvalue weighted by Gasteiger charge is 2.21. The Bertz CT molecular complexity index is 702. The molecule has 1 aliphatic rings. The molecule has 1 fully saturated rings. The number of β-amino-alcohol motifs (C(OH)–C–C–N with tert-alkyl or cyclic N) is 2. The third-order valence-electron chi connectivity index (χ3n) is 5.38. The van der Waals surface area contributed by atoms with Crippen molar-refractivity contribution < 1.29 is 14.9 Å². The van der Waals surface area contributed by atoms with E-state index in [-0.39, 0.29) is 12.7 Å². The summed E-state index contributed by atoms with van der Waals surface area (Å²) in [5, 5.41) is 19.6. The average Bonchev–Trinajstić information content (AvgIpc) is 2.72. The highest BCUT2D eigenvalue weighted by atomic mass is 16.5. The molecule has 0 bridgehead atoms. The average molecular weight is 385 g/mol. The Morgan fingerprint density at radius 1 is 0.929 bits per heavy atom. The zero-order chi connectivity index (χ0) is 19.8. The third kappa shape index (κ3) is 5.87. The monoisotopic (exact) mass is 384 g/mol. The van der Waals surface area contributed by atoms with Crippen LogP contribution in [0, 0.1) is 6.92 Å². The summed E-state index contributed by atoms with van der Waals surface area (Å²) in [7, 11) is 0. The van der Waals surface area contributed by atoms with Crippen molar-refractivity contribution in [1.29, 1.82) is 0 Å². The second kappa shape index (κ2) is 10.7. The maximum absolute atomic E-state index is 10.6. The van der Waals surface area contributed by atoms with Crippen molar-refractivity contribution in [1.82, 2.24) is 9.80 Å². The number of aliphatic hydroxyl groups excluding tert-OH is 2. The topological polar surface area (TPSA) is 56.2 Å². The van der Waals surface area contributed by atoms with Gasteiger partial charge in [-0.3, -0.25) is 9.80 Å². The van der Waals surface area contributed by atoms with Crippen molar-refractivity contribution in [3.05, 3.63) is 71.3 Å². The number of piperazine rings is 1. The molecule has 3 rings (SSSR count). The van der Waals surface area contributed by atoms with Crippen molar-refractivity contribution in [2.24, 2.45) is 0 Å². The van der Waals surface area contributed by atoms with E-state index in [0.29, 0.717) is 13.2 Å². The lowest BCUT2D eigenvalue weighted by atomic mass is 9.97. The second-order valence-electron chi connectivity index (χ2n) is 7.50. The van der Waals surface area contributed by atoms with Crippen LogP contribution in [-0.4, -0.2) is 78.6 Å². The maximum atomic E-state index is 10.6. The van der Waals surface area contributed by atoms with Gasteiger partial charge in [-0.05, 0) is 23.6 Å². The lowest BCUT2D eigenvalue weighted by Gasteiger charge is -2.35. The van der Waals surface area contributed by atoms with E-state index in [4.69, 9.17) is 9.84 Å². The maximum Gasteiger partial charge on any atom is 0.108 e. The van der Waals surface area contributed by atoms with Crippen molar-refractivity contribution in [2.45, 2.75) is 19.1 Å². The van der Waals surface area contributed by atoms with Crippen molar-refractivity contribution in [3.63, 3.8) is 0 Å². The minimum absolute atomic E-state index is 0.182. The molecule has 5 nitrogen and oxygen atoms in total. The lowest BCUT2D eigenvalue weighted by Crippen LogP contribution is -2.49. The fraction of sp³-hybridized carbons (Fsp3) is 0.478. The van der Waals surface area contributed by atoms with Gasteiger partial charge in [-0.2, -0.15) is 0 Å². The number of hydrogen-bond acceptors (Lipinski definition) is 5. The van der Waals surface area contributed by atoms with Gasteiger partial charge in [0.25, 0.3) is 0 Å². The predicted molar refractivity (Wildman–Crippen MR) is 111 cm³/mol. The van der Waals surface area contributed by atoms with Gasteiger partial charge >= 0.3 is 0 Å². The number of hydrogen-bond donors (Lipinski definition) is 2. The predicted octanol–water partition coefficient (Wildman–Crippen LogP) is 2.07. The van der Waals surface area contributed by atoms with Gasteiger partial charge in [-0.25, -0.2) is 0 Å². The molecule has 1 aliphatic heterocycles. The first-order valence-electron chi connectivity index (χ1n) is 10.1. The Labute approximate surface area is 168 Å². The number of nitrogens with zero attached hydrogens (tertiary/aromatic N) is 2. The lowest BCUT2D eigenvalue weighted by molar-refractivity contribution is -0.0151. The molecule has 0 saturated carbocycles. The summed E-state index contributed by atoms with van der Waals surface area (Å²) in [6.07, 6.45) is -0.710. The summed E-state index contributed by atoms with van der Waals surface area (Å²) in [4.78, 5) is 4.52. The van der Waals surface area contributed by atoms with Crippen LogP contribution in [0.5, 0.6) is 0 Å². The van der Waals surface area contributed by atoms with Crippen LogP contribution >= 0.6 is 0 Å². The summed E-state index contributed by atoms with van der Waals surface area (Å²) >= 11 is 0. The molecule has 2 aromatic carbocycles. The fourth-order valence-electron chi connectivity index (χ4n) is 3.77. The minimum atomic E-state index is -0.528. The first kappa shape index (κ1) is 21.0. The fourth-order valence-corrected chi connectivity index (χ4v) is 3.77. The Morgan fingerprint density at radius 3 is 2.25 bits per heavy atom. The molecule has 2 aromatic rings. The highest BCUT2D eigenvalue weighted by molar-refractivity contribution is 5.35. The minimum Gasteiger partial charge on any atom is -0.395 e. The molecular formula is C23H32N2O3. The molecule has 0 unspecified atom stereocenters. The summed E-state index contributed by atoms with van der Waals surface area (Å²) in [6.45, 7) is 7.64. The first-order chi connectivity index (χ1) is 13.7. The Balaban J connectivity index is 1.57. The van der Waals surface area contributed by atoms with Gasteiger partial charge in [0.05, 0.1) is 19.3 Å². The molecule has 28 heavy (non-hydrogen) atoms. The number of benzene rings is 2. The third-order valence-corrected chi connectivity index (χ3v) is 5.38. The van der Waals surface area contributed by atoms with E-state index < -0.39 is 6.10 Å². The zero-order valence-corrected chi connectivity index (χ0v) is 16.7. The van der Waals surface area contributed by atoms with Crippen LogP contribution in [0.15, 0.2) is 54.6 Å². The number of ether oxygens (including phenoxy) is 1. The van der Waals surface area contributed by atoms with Gasteiger partial charge < -0.3 is 14.9 Å². The zero-order valence-electron chi connectivity index (χ0n) is 16.7. The Hall–Kier alpha value is -1.76. The van der Waals surface area contributed by atoms with Gasteiger partial charge in [0.1, 0.15) is 6.10 Å². The first-order valence-corrected chi connectivity index (χ1v) is 10.1. The molecule has 5 heteroatoms. The van der Waals surface area contributed by atoms with Gasteiger partial charge in [0.15, 0.2) is 0 Å². The van der Waals surface area contributed by atoms with Crippen LogP contribution in [0.25, 0.3) is 0 Å². The van der Waals surface area contributed by atoms with Crippen molar-refractivity contribution >= 4 is 0 Å². The van der Waals surface area contributed by atoms with Gasteiger partial charge in [0, 0.05) is 39.3 Å². The largest absolute Gasteiger partial charge is 0.395 e. The standard InChI is InChI=1S/C23H32N2O3/c1-19-7-5-6-10-22(19)23(20-8-3-2-4-9-20)28-18-21(27)17-25-13-11-24(12-14-25)15-16-26/h2-10,21,23,26-27H,11-18H2,1H3/t21-,23-/m0/s1. The molecule has 1 saturated heterocycles. The second-order valence-corrected chi connectivity index (χ2v) is 7.50. The smallest absolute Gasteiger partial charge is 0.108 e. The molecule has 1 heterocycles. The van der Waals surface area contributed by atoms with Crippen LogP contribution in [0.4, 0.5) is 0 Å². The van der Waals surface area contributed by atoms with Crippen molar-refractivity contribution in [2.75, 3.05) is 52.5 Å². The van der Waals surface area contributed by atoms with Crippen molar-refractivity contribution in [3.8, 4) is 0 Å². The molecule has 0 radical (unpaired) electrons. The SMILES string of the molecule is Cc1ccccc1[C@@H](OC[C@@H](O)CN1CCN(CCO)CC1)c1ccccc1. The van der Waals surface area contributed by atoms with E-state index in [9.17, 15) is 5.11 Å². The van der Waals surface area contributed by atoms with Gasteiger partial charge in [-0.15, -0.1) is 0 Å². The van der Waals surface area contributed by atoms with E-state index in [1.54, 1.807) is 0 Å². The molecule has 0 amide bonds. The number of aliphatic hydroxyl groups is 2. The molecule has 2 N–H and O–H groups in total. The summed E-state index contributed by atoms with van der Waals surface area (Å²) in [6, 6.07) is 18.4. The van der Waals surface area contributed by atoms with E-state index in [0.717, 1.165) is 43.9 Å². The molecule has 0 aliphatic carbocycles. The highest BCUT2D eigenvalue weighted by Crippen LogP contribution is 2.28. The van der Waals surface area contributed by atoms with Gasteiger partial charge in [0.2, 0.25) is 0 Å².